The molecule has 1 spiro atoms. The van der Waals surface area contributed by atoms with Crippen LogP contribution in [0.2, 0.25) is 0 Å². The van der Waals surface area contributed by atoms with Crippen molar-refractivity contribution in [3.8, 4) is 5.75 Å². The number of ether oxygens (including phenoxy) is 1. The number of amides is 1. The van der Waals surface area contributed by atoms with Crippen LogP contribution >= 0.6 is 0 Å². The van der Waals surface area contributed by atoms with Crippen molar-refractivity contribution in [2.24, 2.45) is 5.41 Å². The maximum absolute atomic E-state index is 10.7. The van der Waals surface area contributed by atoms with Gasteiger partial charge in [-0.1, -0.05) is 0 Å². The zero-order valence-electron chi connectivity index (χ0n) is 12.3. The van der Waals surface area contributed by atoms with Gasteiger partial charge in [0.1, 0.15) is 5.75 Å². The third-order valence-electron chi connectivity index (χ3n) is 4.87. The maximum Gasteiger partial charge on any atom is 0.209 e. The monoisotopic (exact) mass is 274 g/mol. The molecule has 1 aromatic rings. The Morgan fingerprint density at radius 2 is 2.05 bits per heavy atom. The van der Waals surface area contributed by atoms with Crippen molar-refractivity contribution in [2.45, 2.75) is 38.5 Å². The summed E-state index contributed by atoms with van der Waals surface area (Å²) in [6.07, 6.45) is 5.74. The van der Waals surface area contributed by atoms with E-state index >= 15 is 0 Å². The Balaban J connectivity index is 1.66. The number of nitrogens with zero attached hydrogens (tertiary/aromatic N) is 2. The molecule has 2 heterocycles. The minimum atomic E-state index is 0.408. The quantitative estimate of drug-likeness (QED) is 0.795. The highest BCUT2D eigenvalue weighted by molar-refractivity contribution is 5.49. The molecule has 4 heteroatoms. The third-order valence-corrected chi connectivity index (χ3v) is 4.87. The first-order valence-electron chi connectivity index (χ1n) is 7.36. The van der Waals surface area contributed by atoms with Crippen LogP contribution in [0.5, 0.6) is 5.75 Å². The van der Waals surface area contributed by atoms with E-state index in [4.69, 9.17) is 4.74 Å². The van der Waals surface area contributed by atoms with E-state index in [2.05, 4.69) is 11.1 Å². The van der Waals surface area contributed by atoms with Crippen molar-refractivity contribution in [1.29, 1.82) is 0 Å². The molecule has 1 saturated carbocycles. The van der Waals surface area contributed by atoms with Crippen LogP contribution in [0.25, 0.3) is 0 Å². The normalized spacial score (nSPS) is 21.6. The molecule has 1 aromatic heterocycles. The zero-order valence-corrected chi connectivity index (χ0v) is 12.3. The molecule has 108 valence electrons. The molecule has 1 aliphatic heterocycles. The average molecular weight is 274 g/mol. The summed E-state index contributed by atoms with van der Waals surface area (Å²) in [7, 11) is 1.71. The number of rotatable bonds is 3. The van der Waals surface area contributed by atoms with Gasteiger partial charge in [0.05, 0.1) is 7.11 Å². The molecule has 0 atom stereocenters. The minimum absolute atomic E-state index is 0.408. The van der Waals surface area contributed by atoms with Gasteiger partial charge >= 0.3 is 0 Å². The van der Waals surface area contributed by atoms with E-state index in [1.165, 1.54) is 31.4 Å². The lowest BCUT2D eigenvalue weighted by Gasteiger charge is -2.52. The van der Waals surface area contributed by atoms with Crippen molar-refractivity contribution in [2.75, 3.05) is 20.2 Å². The average Bonchev–Trinajstić information content (AvgIpc) is 2.44. The molecule has 4 nitrogen and oxygen atoms in total. The van der Waals surface area contributed by atoms with Gasteiger partial charge < -0.3 is 9.64 Å². The van der Waals surface area contributed by atoms with E-state index in [0.29, 0.717) is 11.3 Å². The third kappa shape index (κ3) is 2.39. The van der Waals surface area contributed by atoms with Crippen LogP contribution in [0.4, 0.5) is 0 Å². The van der Waals surface area contributed by atoms with Gasteiger partial charge in [-0.15, -0.1) is 0 Å². The molecule has 0 radical (unpaired) electrons. The predicted molar refractivity (Wildman–Crippen MR) is 76.8 cm³/mol. The van der Waals surface area contributed by atoms with Crippen LogP contribution < -0.4 is 4.74 Å². The highest BCUT2D eigenvalue weighted by Crippen LogP contribution is 2.47. The van der Waals surface area contributed by atoms with Gasteiger partial charge in [-0.3, -0.25) is 9.78 Å². The smallest absolute Gasteiger partial charge is 0.209 e. The van der Waals surface area contributed by atoms with Crippen molar-refractivity contribution in [3.05, 3.63) is 23.5 Å². The van der Waals surface area contributed by atoms with Gasteiger partial charge in [0.15, 0.2) is 0 Å². The van der Waals surface area contributed by atoms with E-state index < -0.39 is 0 Å². The number of pyridine rings is 1. The summed E-state index contributed by atoms with van der Waals surface area (Å²) in [5.41, 5.74) is 2.60. The topological polar surface area (TPSA) is 42.4 Å². The molecular formula is C16H22N2O2. The molecule has 1 aliphatic carbocycles. The minimum Gasteiger partial charge on any atom is -0.497 e. The number of aromatic nitrogens is 1. The fourth-order valence-electron chi connectivity index (χ4n) is 3.72. The second-order valence-electron chi connectivity index (χ2n) is 6.36. The first kappa shape index (κ1) is 13.4. The Morgan fingerprint density at radius 1 is 1.35 bits per heavy atom. The Bertz CT molecular complexity index is 499. The molecule has 1 amide bonds. The largest absolute Gasteiger partial charge is 0.497 e. The second-order valence-corrected chi connectivity index (χ2v) is 6.36. The van der Waals surface area contributed by atoms with Crippen molar-refractivity contribution >= 4 is 6.41 Å². The lowest BCUT2D eigenvalue weighted by molar-refractivity contribution is -0.131. The van der Waals surface area contributed by atoms with E-state index in [1.807, 2.05) is 17.9 Å². The summed E-state index contributed by atoms with van der Waals surface area (Å²) in [5, 5.41) is 0. The Morgan fingerprint density at radius 3 is 2.65 bits per heavy atom. The SMILES string of the molecule is COc1cc(C)nc(C2CCC3(CC2)CN(C=O)C3)c1. The van der Waals surface area contributed by atoms with Crippen LogP contribution in [-0.2, 0) is 4.79 Å². The predicted octanol–water partition coefficient (Wildman–Crippen LogP) is 2.51. The molecule has 2 fully saturated rings. The van der Waals surface area contributed by atoms with Gasteiger partial charge in [0.2, 0.25) is 6.41 Å². The summed E-state index contributed by atoms with van der Waals surface area (Å²) in [6, 6.07) is 4.05. The van der Waals surface area contributed by atoms with E-state index in [1.54, 1.807) is 7.11 Å². The number of carbonyl (C=O) groups is 1. The fourth-order valence-corrected chi connectivity index (χ4v) is 3.72. The number of aryl methyl sites for hydroxylation is 1. The molecular weight excluding hydrogens is 252 g/mol. The summed E-state index contributed by atoms with van der Waals surface area (Å²) >= 11 is 0. The Kier molecular flexibility index (Phi) is 3.40. The van der Waals surface area contributed by atoms with Crippen LogP contribution in [0.15, 0.2) is 12.1 Å². The maximum atomic E-state index is 10.7. The zero-order chi connectivity index (χ0) is 14.2. The standard InChI is InChI=1S/C16H22N2O2/c1-12-7-14(20-2)8-15(17-12)13-3-5-16(6-4-13)9-18(10-16)11-19/h7-8,11,13H,3-6,9-10H2,1-2H3. The second kappa shape index (κ2) is 5.08. The number of methoxy groups -OCH3 is 1. The van der Waals surface area contributed by atoms with Crippen LogP contribution in [0.1, 0.15) is 43.0 Å². The summed E-state index contributed by atoms with van der Waals surface area (Å²) in [4.78, 5) is 17.3. The Labute approximate surface area is 120 Å². The van der Waals surface area contributed by atoms with Gasteiger partial charge in [0, 0.05) is 47.9 Å². The van der Waals surface area contributed by atoms with E-state index in [-0.39, 0.29) is 0 Å². The molecule has 0 N–H and O–H groups in total. The number of hydrogen-bond donors (Lipinski definition) is 0. The van der Waals surface area contributed by atoms with E-state index in [9.17, 15) is 4.79 Å². The number of hydrogen-bond acceptors (Lipinski definition) is 3. The van der Waals surface area contributed by atoms with Crippen molar-refractivity contribution < 1.29 is 9.53 Å². The van der Waals surface area contributed by atoms with E-state index in [0.717, 1.165) is 30.9 Å². The number of likely N-dealkylation sites (tertiary alicyclic amines) is 1. The molecule has 0 unspecified atom stereocenters. The fraction of sp³-hybridized carbons (Fsp3) is 0.625. The van der Waals surface area contributed by atoms with Gasteiger partial charge in [-0.25, -0.2) is 0 Å². The first-order chi connectivity index (χ1) is 9.64. The molecule has 20 heavy (non-hydrogen) atoms. The van der Waals surface area contributed by atoms with Crippen LogP contribution in [0.3, 0.4) is 0 Å². The lowest BCUT2D eigenvalue weighted by atomic mass is 9.65. The molecule has 3 rings (SSSR count). The van der Waals surface area contributed by atoms with Crippen LogP contribution in [0, 0.1) is 12.3 Å². The lowest BCUT2D eigenvalue weighted by Crippen LogP contribution is -2.56. The molecule has 0 aromatic carbocycles. The molecule has 1 saturated heterocycles. The highest BCUT2D eigenvalue weighted by atomic mass is 16.5. The van der Waals surface area contributed by atoms with Crippen molar-refractivity contribution in [1.82, 2.24) is 9.88 Å². The summed E-state index contributed by atoms with van der Waals surface area (Å²) in [5.74, 6) is 1.45. The molecule has 2 aliphatic rings. The first-order valence-corrected chi connectivity index (χ1v) is 7.36. The highest BCUT2D eigenvalue weighted by Gasteiger charge is 2.44. The summed E-state index contributed by atoms with van der Waals surface area (Å²) < 4.78 is 5.34. The Hall–Kier alpha value is -1.58. The van der Waals surface area contributed by atoms with Gasteiger partial charge in [0.25, 0.3) is 0 Å². The van der Waals surface area contributed by atoms with Gasteiger partial charge in [-0.05, 0) is 32.6 Å². The molecule has 0 bridgehead atoms. The summed E-state index contributed by atoms with van der Waals surface area (Å²) in [6.45, 7) is 3.92. The number of carbonyl (C=O) groups excluding carboxylic acids is 1. The van der Waals surface area contributed by atoms with Crippen molar-refractivity contribution in [3.63, 3.8) is 0 Å². The van der Waals surface area contributed by atoms with Gasteiger partial charge in [-0.2, -0.15) is 0 Å². The van der Waals surface area contributed by atoms with Crippen LogP contribution in [-0.4, -0.2) is 36.5 Å².